The van der Waals surface area contributed by atoms with E-state index in [4.69, 9.17) is 0 Å². The molecule has 0 bridgehead atoms. The van der Waals surface area contributed by atoms with Crippen molar-refractivity contribution in [3.8, 4) is 0 Å². The van der Waals surface area contributed by atoms with E-state index in [0.29, 0.717) is 0 Å². The molecule has 1 heterocycles. The molecular weight excluding hydrogens is 218 g/mol. The fraction of sp³-hybridized carbons (Fsp3) is 0.471. The molecule has 0 unspecified atom stereocenters. The van der Waals surface area contributed by atoms with Crippen molar-refractivity contribution < 1.29 is 0 Å². The lowest BCUT2D eigenvalue weighted by Crippen LogP contribution is -2.12. The zero-order chi connectivity index (χ0) is 13.6. The fourth-order valence-corrected chi connectivity index (χ4v) is 2.01. The molecule has 0 atom stereocenters. The number of rotatable bonds is 0. The maximum atomic E-state index is 4.57. The molecule has 0 fully saturated rings. The third-order valence-electron chi connectivity index (χ3n) is 3.41. The van der Waals surface area contributed by atoms with E-state index in [1.807, 2.05) is 6.20 Å². The number of pyridine rings is 1. The minimum absolute atomic E-state index is 0.152. The third kappa shape index (κ3) is 2.55. The Morgan fingerprint density at radius 1 is 0.778 bits per heavy atom. The van der Waals surface area contributed by atoms with Gasteiger partial charge in [0.15, 0.2) is 0 Å². The van der Waals surface area contributed by atoms with Gasteiger partial charge < -0.3 is 0 Å². The maximum absolute atomic E-state index is 4.57. The van der Waals surface area contributed by atoms with E-state index in [1.54, 1.807) is 0 Å². The molecule has 1 nitrogen and oxygen atoms in total. The Labute approximate surface area is 110 Å². The topological polar surface area (TPSA) is 12.9 Å². The van der Waals surface area contributed by atoms with Gasteiger partial charge in [-0.25, -0.2) is 0 Å². The van der Waals surface area contributed by atoms with Crippen LogP contribution >= 0.6 is 0 Å². The number of hydrogen-bond donors (Lipinski definition) is 0. The van der Waals surface area contributed by atoms with Crippen LogP contribution in [0.4, 0.5) is 0 Å². The van der Waals surface area contributed by atoms with Gasteiger partial charge in [-0.15, -0.1) is 0 Å². The third-order valence-corrected chi connectivity index (χ3v) is 3.41. The summed E-state index contributed by atoms with van der Waals surface area (Å²) >= 11 is 0. The smallest absolute Gasteiger partial charge is 0.0702 e. The SMILES string of the molecule is CC(C)(C)c1ccc2ncc(C(C)(C)C)cc2c1. The Morgan fingerprint density at radius 2 is 1.33 bits per heavy atom. The summed E-state index contributed by atoms with van der Waals surface area (Å²) in [5, 5.41) is 1.25. The van der Waals surface area contributed by atoms with Crippen molar-refractivity contribution in [2.75, 3.05) is 0 Å². The monoisotopic (exact) mass is 241 g/mol. The Bertz CT molecular complexity index is 519. The van der Waals surface area contributed by atoms with Crippen LogP contribution in [0, 0.1) is 0 Å². The zero-order valence-electron chi connectivity index (χ0n) is 12.3. The van der Waals surface area contributed by atoms with Crippen LogP contribution in [0.1, 0.15) is 52.7 Å². The molecule has 96 valence electrons. The Morgan fingerprint density at radius 3 is 1.89 bits per heavy atom. The molecule has 0 amide bonds. The summed E-state index contributed by atoms with van der Waals surface area (Å²) < 4.78 is 0. The lowest BCUT2D eigenvalue weighted by Gasteiger charge is -2.21. The molecule has 1 aromatic heterocycles. The summed E-state index contributed by atoms with van der Waals surface area (Å²) in [7, 11) is 0. The number of hydrogen-bond acceptors (Lipinski definition) is 1. The van der Waals surface area contributed by atoms with Crippen LogP contribution in [0.5, 0.6) is 0 Å². The van der Waals surface area contributed by atoms with Gasteiger partial charge in [-0.05, 0) is 40.2 Å². The van der Waals surface area contributed by atoms with E-state index < -0.39 is 0 Å². The van der Waals surface area contributed by atoms with E-state index in [-0.39, 0.29) is 10.8 Å². The molecule has 1 aromatic carbocycles. The predicted molar refractivity (Wildman–Crippen MR) is 79.1 cm³/mol. The van der Waals surface area contributed by atoms with Crippen LogP contribution < -0.4 is 0 Å². The highest BCUT2D eigenvalue weighted by Gasteiger charge is 2.17. The van der Waals surface area contributed by atoms with Crippen LogP contribution in [-0.4, -0.2) is 4.98 Å². The summed E-state index contributed by atoms with van der Waals surface area (Å²) in [5.74, 6) is 0. The summed E-state index contributed by atoms with van der Waals surface area (Å²) in [5.41, 5.74) is 4.07. The fourth-order valence-electron chi connectivity index (χ4n) is 2.01. The van der Waals surface area contributed by atoms with Gasteiger partial charge in [-0.1, -0.05) is 47.6 Å². The number of benzene rings is 1. The molecular formula is C17H23N. The summed E-state index contributed by atoms with van der Waals surface area (Å²) in [6, 6.07) is 8.86. The van der Waals surface area contributed by atoms with Gasteiger partial charge in [0.05, 0.1) is 5.52 Å². The second-order valence-corrected chi connectivity index (χ2v) is 7.13. The van der Waals surface area contributed by atoms with Gasteiger partial charge in [0.25, 0.3) is 0 Å². The average molecular weight is 241 g/mol. The normalized spacial score (nSPS) is 13.0. The highest BCUT2D eigenvalue weighted by Crippen LogP contribution is 2.28. The lowest BCUT2D eigenvalue weighted by molar-refractivity contribution is 0.587. The molecule has 18 heavy (non-hydrogen) atoms. The lowest BCUT2D eigenvalue weighted by atomic mass is 9.84. The maximum Gasteiger partial charge on any atom is 0.0702 e. The Hall–Kier alpha value is -1.37. The van der Waals surface area contributed by atoms with E-state index in [9.17, 15) is 0 Å². The second-order valence-electron chi connectivity index (χ2n) is 7.13. The quantitative estimate of drug-likeness (QED) is 0.643. The molecule has 2 aromatic rings. The van der Waals surface area contributed by atoms with E-state index in [1.165, 1.54) is 16.5 Å². The molecule has 0 N–H and O–H groups in total. The Balaban J connectivity index is 2.61. The minimum Gasteiger partial charge on any atom is -0.256 e. The first-order valence-electron chi connectivity index (χ1n) is 6.59. The van der Waals surface area contributed by atoms with Crippen molar-refractivity contribution in [2.45, 2.75) is 52.4 Å². The zero-order valence-corrected chi connectivity index (χ0v) is 12.3. The highest BCUT2D eigenvalue weighted by atomic mass is 14.7. The first-order valence-corrected chi connectivity index (χ1v) is 6.59. The summed E-state index contributed by atoms with van der Waals surface area (Å²) in [4.78, 5) is 4.57. The molecule has 0 aliphatic carbocycles. The van der Waals surface area contributed by atoms with Crippen molar-refractivity contribution >= 4 is 10.9 Å². The first kappa shape index (κ1) is 13.1. The molecule has 0 spiro atoms. The molecule has 0 aliphatic rings. The molecule has 1 heteroatoms. The van der Waals surface area contributed by atoms with Crippen LogP contribution in [-0.2, 0) is 10.8 Å². The van der Waals surface area contributed by atoms with Gasteiger partial charge in [0.1, 0.15) is 0 Å². The molecule has 2 rings (SSSR count). The molecule has 0 radical (unpaired) electrons. The van der Waals surface area contributed by atoms with Gasteiger partial charge in [-0.3, -0.25) is 4.98 Å². The van der Waals surface area contributed by atoms with E-state index >= 15 is 0 Å². The standard InChI is InChI=1S/C17H23N/c1-16(2,3)13-7-8-15-12(9-13)10-14(11-18-15)17(4,5)6/h7-11H,1-6H3. The van der Waals surface area contributed by atoms with Crippen molar-refractivity contribution in [1.29, 1.82) is 0 Å². The molecule has 0 saturated heterocycles. The number of aromatic nitrogens is 1. The average Bonchev–Trinajstić information content (AvgIpc) is 2.25. The number of nitrogens with zero attached hydrogens (tertiary/aromatic N) is 1. The number of fused-ring (bicyclic) bond motifs is 1. The van der Waals surface area contributed by atoms with Gasteiger partial charge in [0.2, 0.25) is 0 Å². The van der Waals surface area contributed by atoms with Gasteiger partial charge in [-0.2, -0.15) is 0 Å². The van der Waals surface area contributed by atoms with Crippen LogP contribution in [0.3, 0.4) is 0 Å². The highest BCUT2D eigenvalue weighted by molar-refractivity contribution is 5.80. The first-order chi connectivity index (χ1) is 8.18. The van der Waals surface area contributed by atoms with Crippen molar-refractivity contribution in [3.63, 3.8) is 0 Å². The van der Waals surface area contributed by atoms with Gasteiger partial charge in [0, 0.05) is 11.6 Å². The van der Waals surface area contributed by atoms with Crippen LogP contribution in [0.2, 0.25) is 0 Å². The molecule has 0 aliphatic heterocycles. The van der Waals surface area contributed by atoms with E-state index in [2.05, 4.69) is 70.8 Å². The van der Waals surface area contributed by atoms with Crippen molar-refractivity contribution in [1.82, 2.24) is 4.98 Å². The predicted octanol–water partition coefficient (Wildman–Crippen LogP) is 4.83. The second kappa shape index (κ2) is 4.08. The van der Waals surface area contributed by atoms with E-state index in [0.717, 1.165) is 5.52 Å². The van der Waals surface area contributed by atoms with Crippen LogP contribution in [0.25, 0.3) is 10.9 Å². The van der Waals surface area contributed by atoms with Crippen molar-refractivity contribution in [2.24, 2.45) is 0 Å². The van der Waals surface area contributed by atoms with Crippen molar-refractivity contribution in [3.05, 3.63) is 41.6 Å². The van der Waals surface area contributed by atoms with Gasteiger partial charge >= 0.3 is 0 Å². The van der Waals surface area contributed by atoms with Crippen LogP contribution in [0.15, 0.2) is 30.5 Å². The summed E-state index contributed by atoms with van der Waals surface area (Å²) in [6.45, 7) is 13.4. The molecule has 0 saturated carbocycles. The largest absolute Gasteiger partial charge is 0.256 e. The Kier molecular flexibility index (Phi) is 2.96. The minimum atomic E-state index is 0.152. The summed E-state index contributed by atoms with van der Waals surface area (Å²) in [6.07, 6.45) is 2.00.